The van der Waals surface area contributed by atoms with Crippen molar-refractivity contribution in [3.8, 4) is 0 Å². The Labute approximate surface area is 401 Å². The third kappa shape index (κ3) is 19.2. The van der Waals surface area contributed by atoms with Crippen molar-refractivity contribution in [3.05, 3.63) is 104 Å². The Balaban J connectivity index is 0.00000900. The molecule has 0 radical (unpaired) electrons. The van der Waals surface area contributed by atoms with E-state index in [2.05, 4.69) is 39.8 Å². The van der Waals surface area contributed by atoms with Crippen molar-refractivity contribution in [2.75, 3.05) is 7.05 Å². The second-order valence-electron chi connectivity index (χ2n) is 14.3. The number of rotatable bonds is 21. The quantitative estimate of drug-likeness (QED) is 0.0446. The van der Waals surface area contributed by atoms with Crippen LogP contribution in [0.1, 0.15) is 76.5 Å². The fourth-order valence-electron chi connectivity index (χ4n) is 5.98. The van der Waals surface area contributed by atoms with Crippen LogP contribution in [-0.4, -0.2) is 80.3 Å². The molecule has 0 aliphatic carbocycles. The minimum Gasteiger partial charge on any atom is -1.00 e. The number of carbonyl (C=O) groups excluding carboxylic acids is 3. The number of nitrogens with one attached hydrogen (secondary N) is 3. The van der Waals surface area contributed by atoms with Crippen LogP contribution >= 0.6 is 30.5 Å². The van der Waals surface area contributed by atoms with Gasteiger partial charge in [-0.1, -0.05) is 88.4 Å². The number of ether oxygens (including phenoxy) is 2. The van der Waals surface area contributed by atoms with Crippen LogP contribution in [-0.2, 0) is 49.4 Å². The molecular formula is C39H55N6Na2O9PS2. The number of carbonyl (C=O) groups is 3. The molecule has 0 aliphatic heterocycles. The molecular weight excluding hydrogens is 838 g/mol. The first-order valence-corrected chi connectivity index (χ1v) is 21.9. The van der Waals surface area contributed by atoms with Crippen molar-refractivity contribution in [2.45, 2.75) is 103 Å². The monoisotopic (exact) mass is 892 g/mol. The molecule has 4 rings (SSSR count). The van der Waals surface area contributed by atoms with Crippen LogP contribution < -0.4 is 75.1 Å². The first kappa shape index (κ1) is 52.9. The molecule has 1 unspecified atom stereocenters. The average Bonchev–Trinajstić information content (AvgIpc) is 3.85. The standard InChI is InChI=1S/C39H53N6O9PS2.2Na.2H/c1-25(2)35(44-38(47)45(6)21-31-23-56-37(42-31)26(3)4)36(46)41-30(17-28-13-9-7-10-14-28)19-34(53-27(5)54-55(49,50)51)33(18-29-15-11-8-12-16-29)43-39(48)52-22-32-20-40-24-57-32;;;;/h7-16,20,23-27,30,33-35H,17-19,21-22H2,1-6H3,(H,41,46)(H,43,48)(H,44,47)(H2,49,50,51);;;;/q;2*+1;2*-1/t27?,30-,33-,34-,35-;;;;/m0..../s1. The molecule has 5 N–H and O–H groups in total. The zero-order chi connectivity index (χ0) is 41.5. The van der Waals surface area contributed by atoms with Crippen molar-refractivity contribution in [1.82, 2.24) is 30.8 Å². The van der Waals surface area contributed by atoms with Crippen molar-refractivity contribution in [3.63, 3.8) is 0 Å². The van der Waals surface area contributed by atoms with Gasteiger partial charge in [-0.15, -0.1) is 22.7 Å². The molecule has 59 heavy (non-hydrogen) atoms. The smallest absolute Gasteiger partial charge is 1.00 e. The van der Waals surface area contributed by atoms with E-state index in [-0.39, 0.29) is 99.8 Å². The Morgan fingerprint density at radius 2 is 1.53 bits per heavy atom. The number of aromatic nitrogens is 2. The van der Waals surface area contributed by atoms with Crippen LogP contribution in [0.25, 0.3) is 0 Å². The van der Waals surface area contributed by atoms with Gasteiger partial charge < -0.3 is 43.0 Å². The molecule has 0 aliphatic rings. The Hall–Kier alpha value is -2.22. The van der Waals surface area contributed by atoms with E-state index in [1.807, 2.05) is 79.9 Å². The summed E-state index contributed by atoms with van der Waals surface area (Å²) in [4.78, 5) is 71.0. The van der Waals surface area contributed by atoms with Gasteiger partial charge in [-0.25, -0.2) is 19.1 Å². The summed E-state index contributed by atoms with van der Waals surface area (Å²) in [6, 6.07) is 15.8. The molecule has 4 amide bonds. The third-order valence-corrected chi connectivity index (χ3v) is 11.3. The number of benzene rings is 2. The predicted octanol–water partition coefficient (Wildman–Crippen LogP) is 0.618. The second kappa shape index (κ2) is 26.3. The molecule has 20 heteroatoms. The van der Waals surface area contributed by atoms with Crippen molar-refractivity contribution in [2.24, 2.45) is 5.92 Å². The molecule has 0 fully saturated rings. The number of alkyl carbamates (subject to hydrolysis) is 1. The number of nitrogens with zero attached hydrogens (tertiary/aromatic N) is 3. The first-order chi connectivity index (χ1) is 27.1. The van der Waals surface area contributed by atoms with E-state index >= 15 is 0 Å². The van der Waals surface area contributed by atoms with Gasteiger partial charge in [0.2, 0.25) is 5.91 Å². The van der Waals surface area contributed by atoms with Gasteiger partial charge >= 0.3 is 79.1 Å². The molecule has 2 aromatic carbocycles. The van der Waals surface area contributed by atoms with E-state index in [1.54, 1.807) is 18.8 Å². The van der Waals surface area contributed by atoms with E-state index in [0.29, 0.717) is 6.42 Å². The van der Waals surface area contributed by atoms with Crippen LogP contribution in [0.5, 0.6) is 0 Å². The average molecular weight is 893 g/mol. The van der Waals surface area contributed by atoms with Crippen molar-refractivity contribution >= 4 is 48.5 Å². The Morgan fingerprint density at radius 1 is 0.898 bits per heavy atom. The topological polar surface area (TPSA) is 202 Å². The van der Waals surface area contributed by atoms with E-state index < -0.39 is 56.4 Å². The maximum atomic E-state index is 14.2. The van der Waals surface area contributed by atoms with Crippen LogP contribution in [0.3, 0.4) is 0 Å². The summed E-state index contributed by atoms with van der Waals surface area (Å²) in [5.74, 6) is -0.491. The third-order valence-electron chi connectivity index (χ3n) is 8.76. The SMILES string of the molecule is CC(O[C@@H](C[C@H](Cc1ccccc1)NC(=O)[C@@H](NC(=O)N(C)Cc1csc(C(C)C)n1)C(C)C)[C@H](Cc1ccccc1)NC(=O)OCc1cncs1)OP(=O)(O)O.[H-].[H-].[Na+].[Na+]. The molecule has 2 aromatic heterocycles. The molecule has 0 saturated carbocycles. The van der Waals surface area contributed by atoms with Gasteiger partial charge in [0.25, 0.3) is 0 Å². The van der Waals surface area contributed by atoms with Crippen LogP contribution in [0.4, 0.5) is 9.59 Å². The number of amides is 4. The fourth-order valence-corrected chi connectivity index (χ4v) is 7.75. The van der Waals surface area contributed by atoms with Gasteiger partial charge in [0.05, 0.1) is 39.8 Å². The van der Waals surface area contributed by atoms with Crippen molar-refractivity contribution < 1.29 is 105 Å². The minimum absolute atomic E-state index is 0. The van der Waals surface area contributed by atoms with Crippen LogP contribution in [0, 0.1) is 5.92 Å². The van der Waals surface area contributed by atoms with E-state index in [4.69, 9.17) is 14.0 Å². The van der Waals surface area contributed by atoms with Gasteiger partial charge in [0, 0.05) is 30.6 Å². The van der Waals surface area contributed by atoms with Crippen molar-refractivity contribution in [1.29, 1.82) is 0 Å². The second-order valence-corrected chi connectivity index (χ2v) is 17.4. The summed E-state index contributed by atoms with van der Waals surface area (Å²) in [7, 11) is -3.34. The molecule has 0 bridgehead atoms. The summed E-state index contributed by atoms with van der Waals surface area (Å²) < 4.78 is 28.5. The zero-order valence-electron chi connectivity index (χ0n) is 36.9. The first-order valence-electron chi connectivity index (χ1n) is 18.6. The van der Waals surface area contributed by atoms with E-state index in [9.17, 15) is 28.7 Å². The summed E-state index contributed by atoms with van der Waals surface area (Å²) in [6.45, 7) is 9.35. The summed E-state index contributed by atoms with van der Waals surface area (Å²) in [6.07, 6.45) is -0.997. The Bertz CT molecular complexity index is 1900. The number of thiazole rings is 2. The van der Waals surface area contributed by atoms with E-state index in [0.717, 1.165) is 26.7 Å². The molecule has 0 spiro atoms. The van der Waals surface area contributed by atoms with Crippen LogP contribution in [0.15, 0.2) is 77.8 Å². The molecule has 15 nitrogen and oxygen atoms in total. The molecule has 4 aromatic rings. The molecule has 5 atom stereocenters. The predicted molar refractivity (Wildman–Crippen MR) is 221 cm³/mol. The summed E-state index contributed by atoms with van der Waals surface area (Å²) in [5, 5.41) is 11.8. The summed E-state index contributed by atoms with van der Waals surface area (Å²) in [5.41, 5.74) is 4.09. The summed E-state index contributed by atoms with van der Waals surface area (Å²) >= 11 is 2.87. The fraction of sp³-hybridized carbons (Fsp3) is 0.462. The molecule has 2 heterocycles. The number of hydrogen-bond donors (Lipinski definition) is 5. The number of urea groups is 1. The molecule has 314 valence electrons. The Morgan fingerprint density at radius 3 is 2.07 bits per heavy atom. The van der Waals surface area contributed by atoms with E-state index in [1.165, 1.54) is 34.5 Å². The minimum atomic E-state index is -4.98. The number of phosphoric ester groups is 1. The zero-order valence-corrected chi connectivity index (χ0v) is 41.5. The largest absolute Gasteiger partial charge is 1.00 e. The van der Waals surface area contributed by atoms with Crippen LogP contribution in [0.2, 0.25) is 0 Å². The Kier molecular flexibility index (Phi) is 23.6. The van der Waals surface area contributed by atoms with Gasteiger partial charge in [0.15, 0.2) is 6.29 Å². The maximum Gasteiger partial charge on any atom is 1.00 e. The van der Waals surface area contributed by atoms with Gasteiger partial charge in [-0.2, -0.15) is 0 Å². The van der Waals surface area contributed by atoms with Gasteiger partial charge in [-0.3, -0.25) is 14.3 Å². The normalized spacial score (nSPS) is 13.9. The van der Waals surface area contributed by atoms with Gasteiger partial charge in [0.1, 0.15) is 12.6 Å². The molecule has 0 saturated heterocycles. The maximum absolute atomic E-state index is 14.2. The number of hydrogen-bond acceptors (Lipinski definition) is 11. The van der Waals surface area contributed by atoms with Gasteiger partial charge in [-0.05, 0) is 43.2 Å². The number of phosphoric acid groups is 1.